The fourth-order valence-corrected chi connectivity index (χ4v) is 4.45. The van der Waals surface area contributed by atoms with Crippen LogP contribution in [0.4, 0.5) is 0 Å². The molecule has 0 rings (SSSR count). The maximum atomic E-state index is 11.0. The molecule has 3 N–H and O–H groups in total. The number of halogens is 1. The largest absolute Gasteiger partial charge is 0.395 e. The fourth-order valence-electron chi connectivity index (χ4n) is 4.06. The van der Waals surface area contributed by atoms with Crippen LogP contribution in [0.2, 0.25) is 0 Å². The summed E-state index contributed by atoms with van der Waals surface area (Å²) in [6.45, 7) is 10.8. The van der Waals surface area contributed by atoms with Crippen molar-refractivity contribution in [3.8, 4) is 0 Å². The lowest BCUT2D eigenvalue weighted by atomic mass is 9.64. The van der Waals surface area contributed by atoms with E-state index in [-0.39, 0.29) is 19.8 Å². The molecule has 4 nitrogen and oxygen atoms in total. The second-order valence-electron chi connectivity index (χ2n) is 7.87. The van der Waals surface area contributed by atoms with Gasteiger partial charge >= 0.3 is 0 Å². The molecule has 0 aromatic heterocycles. The van der Waals surface area contributed by atoms with Gasteiger partial charge in [-0.1, -0.05) is 79.1 Å². The normalized spacial score (nSPS) is 13.2. The molecule has 170 valence electrons. The highest BCUT2D eigenvalue weighted by atomic mass is 79.9. The Balaban J connectivity index is 4.95. The summed E-state index contributed by atoms with van der Waals surface area (Å²) in [6.07, 6.45) is 14.7. The van der Waals surface area contributed by atoms with Crippen molar-refractivity contribution in [1.82, 2.24) is 0 Å². The Bertz CT molecular complexity index is 425. The van der Waals surface area contributed by atoms with E-state index in [4.69, 9.17) is 4.74 Å². The minimum atomic E-state index is -1.20. The summed E-state index contributed by atoms with van der Waals surface area (Å²) in [5.41, 5.74) is -2.18. The van der Waals surface area contributed by atoms with Gasteiger partial charge in [0.15, 0.2) is 0 Å². The second kappa shape index (κ2) is 17.2. The van der Waals surface area contributed by atoms with Crippen LogP contribution in [0, 0.1) is 5.41 Å². The van der Waals surface area contributed by atoms with Gasteiger partial charge in [0.05, 0.1) is 36.9 Å². The molecule has 0 aliphatic rings. The molecule has 0 spiro atoms. The molecule has 0 bridgehead atoms. The molecule has 0 heterocycles. The second-order valence-corrected chi connectivity index (χ2v) is 8.67. The van der Waals surface area contributed by atoms with Crippen molar-refractivity contribution >= 4 is 15.9 Å². The van der Waals surface area contributed by atoms with E-state index in [1.807, 2.05) is 0 Å². The van der Waals surface area contributed by atoms with E-state index in [0.29, 0.717) is 19.3 Å². The lowest BCUT2D eigenvalue weighted by Crippen LogP contribution is -2.60. The van der Waals surface area contributed by atoms with Gasteiger partial charge in [0.1, 0.15) is 0 Å². The highest BCUT2D eigenvalue weighted by Crippen LogP contribution is 2.45. The standard InChI is InChI=1S/C24H43BrO4/c1-4-16-24(17-5-2,29-19-6-3)23(20-26,21-27)22(28)15-13-11-9-7-8-10-12-14-18-25/h4-6,22,26-28H,1-3,7-21H2. The lowest BCUT2D eigenvalue weighted by molar-refractivity contribution is -0.204. The zero-order chi connectivity index (χ0) is 22.0. The van der Waals surface area contributed by atoms with Crippen LogP contribution < -0.4 is 0 Å². The fraction of sp³-hybridized carbons (Fsp3) is 0.750. The number of unbranched alkanes of at least 4 members (excludes halogenated alkanes) is 7. The van der Waals surface area contributed by atoms with E-state index in [2.05, 4.69) is 35.7 Å². The van der Waals surface area contributed by atoms with Gasteiger partial charge in [0.2, 0.25) is 0 Å². The quantitative estimate of drug-likeness (QED) is 0.119. The SMILES string of the molecule is C=CCOC(CC=C)(CC=C)C(CO)(CO)C(O)CCCCCCCCCCBr. The van der Waals surface area contributed by atoms with E-state index in [1.54, 1.807) is 18.2 Å². The predicted molar refractivity (Wildman–Crippen MR) is 126 cm³/mol. The van der Waals surface area contributed by atoms with Gasteiger partial charge in [-0.05, 0) is 25.7 Å². The van der Waals surface area contributed by atoms with Crippen molar-refractivity contribution in [3.05, 3.63) is 38.0 Å². The molecule has 0 aromatic carbocycles. The number of alkyl halides is 1. The summed E-state index contributed by atoms with van der Waals surface area (Å²) in [6, 6.07) is 0. The number of aliphatic hydroxyl groups is 3. The smallest absolute Gasteiger partial charge is 0.0879 e. The van der Waals surface area contributed by atoms with Crippen LogP contribution in [-0.2, 0) is 4.74 Å². The minimum Gasteiger partial charge on any atom is -0.395 e. The summed E-state index contributed by atoms with van der Waals surface area (Å²) in [4.78, 5) is 0. The number of ether oxygens (including phenoxy) is 1. The van der Waals surface area contributed by atoms with Gasteiger partial charge in [-0.2, -0.15) is 0 Å². The van der Waals surface area contributed by atoms with E-state index in [1.165, 1.54) is 32.1 Å². The lowest BCUT2D eigenvalue weighted by Gasteiger charge is -2.50. The molecule has 0 amide bonds. The van der Waals surface area contributed by atoms with Crippen LogP contribution in [0.1, 0.15) is 70.6 Å². The molecular weight excluding hydrogens is 432 g/mol. The molecule has 5 heteroatoms. The molecule has 0 saturated carbocycles. The number of rotatable bonds is 21. The third-order valence-electron chi connectivity index (χ3n) is 5.90. The molecule has 1 unspecified atom stereocenters. The predicted octanol–water partition coefficient (Wildman–Crippen LogP) is 5.32. The number of hydrogen-bond acceptors (Lipinski definition) is 4. The van der Waals surface area contributed by atoms with Gasteiger partial charge in [0.25, 0.3) is 0 Å². The Kier molecular flexibility index (Phi) is 17.0. The average Bonchev–Trinajstić information content (AvgIpc) is 2.72. The molecular formula is C24H43BrO4. The molecule has 0 fully saturated rings. The van der Waals surface area contributed by atoms with Crippen molar-refractivity contribution in [2.24, 2.45) is 5.41 Å². The van der Waals surface area contributed by atoms with Crippen molar-refractivity contribution < 1.29 is 20.1 Å². The topological polar surface area (TPSA) is 69.9 Å². The van der Waals surface area contributed by atoms with E-state index in [9.17, 15) is 15.3 Å². The minimum absolute atomic E-state index is 0.255. The number of aliphatic hydroxyl groups excluding tert-OH is 3. The van der Waals surface area contributed by atoms with Crippen molar-refractivity contribution in [2.75, 3.05) is 25.2 Å². The van der Waals surface area contributed by atoms with Crippen LogP contribution in [0.25, 0.3) is 0 Å². The van der Waals surface area contributed by atoms with E-state index in [0.717, 1.165) is 24.6 Å². The van der Waals surface area contributed by atoms with Crippen LogP contribution in [0.15, 0.2) is 38.0 Å². The summed E-state index contributed by atoms with van der Waals surface area (Å²) in [5.74, 6) is 0. The van der Waals surface area contributed by atoms with E-state index < -0.39 is 17.1 Å². The average molecular weight is 476 g/mol. The highest BCUT2D eigenvalue weighted by molar-refractivity contribution is 9.09. The Morgan fingerprint density at radius 1 is 0.793 bits per heavy atom. The van der Waals surface area contributed by atoms with E-state index >= 15 is 0 Å². The van der Waals surface area contributed by atoms with Gasteiger partial charge in [0, 0.05) is 5.33 Å². The van der Waals surface area contributed by atoms with Crippen LogP contribution in [0.3, 0.4) is 0 Å². The van der Waals surface area contributed by atoms with Crippen molar-refractivity contribution in [2.45, 2.75) is 82.3 Å². The molecule has 29 heavy (non-hydrogen) atoms. The van der Waals surface area contributed by atoms with Gasteiger partial charge in [-0.3, -0.25) is 0 Å². The summed E-state index contributed by atoms with van der Waals surface area (Å²) < 4.78 is 6.08. The van der Waals surface area contributed by atoms with Crippen LogP contribution in [0.5, 0.6) is 0 Å². The molecule has 0 radical (unpaired) electrons. The first-order valence-electron chi connectivity index (χ1n) is 11.0. The monoisotopic (exact) mass is 474 g/mol. The van der Waals surface area contributed by atoms with Crippen molar-refractivity contribution in [1.29, 1.82) is 0 Å². The van der Waals surface area contributed by atoms with Gasteiger partial charge in [-0.15, -0.1) is 19.7 Å². The maximum absolute atomic E-state index is 11.0. The zero-order valence-corrected chi connectivity index (χ0v) is 19.8. The molecule has 0 aliphatic carbocycles. The Hall–Kier alpha value is -0.460. The molecule has 1 atom stereocenters. The first-order chi connectivity index (χ1) is 14.0. The third kappa shape index (κ3) is 9.06. The van der Waals surface area contributed by atoms with Crippen LogP contribution in [-0.4, -0.2) is 52.2 Å². The van der Waals surface area contributed by atoms with Gasteiger partial charge in [-0.25, -0.2) is 0 Å². The molecule has 0 aromatic rings. The first-order valence-corrected chi connectivity index (χ1v) is 12.1. The van der Waals surface area contributed by atoms with Gasteiger partial charge < -0.3 is 20.1 Å². The Morgan fingerprint density at radius 3 is 1.69 bits per heavy atom. The highest BCUT2D eigenvalue weighted by Gasteiger charge is 2.54. The maximum Gasteiger partial charge on any atom is 0.0879 e. The zero-order valence-electron chi connectivity index (χ0n) is 18.2. The van der Waals surface area contributed by atoms with Crippen molar-refractivity contribution in [3.63, 3.8) is 0 Å². The first kappa shape index (κ1) is 28.5. The Morgan fingerprint density at radius 2 is 1.28 bits per heavy atom. The number of hydrogen-bond donors (Lipinski definition) is 3. The molecule has 0 aliphatic heterocycles. The summed E-state index contributed by atoms with van der Waals surface area (Å²) in [7, 11) is 0. The van der Waals surface area contributed by atoms with Crippen LogP contribution >= 0.6 is 15.9 Å². The molecule has 0 saturated heterocycles. The summed E-state index contributed by atoms with van der Waals surface area (Å²) in [5, 5.41) is 32.7. The summed E-state index contributed by atoms with van der Waals surface area (Å²) >= 11 is 3.46. The third-order valence-corrected chi connectivity index (χ3v) is 6.46. The Labute approximate surface area is 186 Å².